The molecule has 0 unspecified atom stereocenters. The monoisotopic (exact) mass is 453 g/mol. The summed E-state index contributed by atoms with van der Waals surface area (Å²) in [6, 6.07) is 12.6. The summed E-state index contributed by atoms with van der Waals surface area (Å²) in [5, 5.41) is 3.34. The minimum absolute atomic E-state index is 0.213. The van der Waals surface area contributed by atoms with E-state index in [9.17, 15) is 9.59 Å². The zero-order valence-corrected chi connectivity index (χ0v) is 18.8. The Morgan fingerprint density at radius 3 is 2.56 bits per heavy atom. The number of hydrogen-bond donors (Lipinski definition) is 1. The van der Waals surface area contributed by atoms with Crippen LogP contribution < -0.4 is 19.5 Å². The summed E-state index contributed by atoms with van der Waals surface area (Å²) in [5.74, 6) is 1.31. The van der Waals surface area contributed by atoms with Gasteiger partial charge in [0, 0.05) is 16.9 Å². The Morgan fingerprint density at radius 2 is 1.84 bits per heavy atom. The van der Waals surface area contributed by atoms with Crippen LogP contribution in [0.3, 0.4) is 0 Å². The molecular formula is C24H23NO6S. The standard InChI is InChI=1S/C24H23NO6S/c1-4-29-17-8-6-16(7-9-17)22(26)25-23-21(24(27)28-3)14(2)20(32-23)12-15-5-10-18-19(11-15)31-13-30-18/h5-11H,4,12-13H2,1-3H3,(H,25,26). The molecule has 0 saturated heterocycles. The van der Waals surface area contributed by atoms with E-state index >= 15 is 0 Å². The highest BCUT2D eigenvalue weighted by atomic mass is 32.1. The Kier molecular flexibility index (Phi) is 6.32. The average Bonchev–Trinajstić information content (AvgIpc) is 3.38. The predicted molar refractivity (Wildman–Crippen MR) is 121 cm³/mol. The lowest BCUT2D eigenvalue weighted by atomic mass is 10.1. The van der Waals surface area contributed by atoms with E-state index in [4.69, 9.17) is 18.9 Å². The Hall–Kier alpha value is -3.52. The van der Waals surface area contributed by atoms with Crippen LogP contribution in [0.25, 0.3) is 0 Å². The second-order valence-corrected chi connectivity index (χ2v) is 8.23. The van der Waals surface area contributed by atoms with Gasteiger partial charge in [-0.25, -0.2) is 4.79 Å². The van der Waals surface area contributed by atoms with Crippen molar-refractivity contribution in [2.45, 2.75) is 20.3 Å². The van der Waals surface area contributed by atoms with Crippen molar-refractivity contribution in [2.24, 2.45) is 0 Å². The lowest BCUT2D eigenvalue weighted by Crippen LogP contribution is -2.14. The second kappa shape index (κ2) is 9.32. The Morgan fingerprint density at radius 1 is 1.09 bits per heavy atom. The van der Waals surface area contributed by atoms with Crippen LogP contribution in [0.15, 0.2) is 42.5 Å². The first kappa shape index (κ1) is 21.7. The number of anilines is 1. The molecule has 32 heavy (non-hydrogen) atoms. The van der Waals surface area contributed by atoms with E-state index in [2.05, 4.69) is 5.32 Å². The number of methoxy groups -OCH3 is 1. The molecule has 1 aliphatic rings. The summed E-state index contributed by atoms with van der Waals surface area (Å²) < 4.78 is 21.2. The van der Waals surface area contributed by atoms with E-state index < -0.39 is 5.97 Å². The fourth-order valence-corrected chi connectivity index (χ4v) is 4.67. The van der Waals surface area contributed by atoms with E-state index in [-0.39, 0.29) is 12.7 Å². The molecule has 0 atom stereocenters. The normalized spacial score (nSPS) is 11.8. The number of amides is 1. The van der Waals surface area contributed by atoms with E-state index in [1.807, 2.05) is 32.0 Å². The summed E-state index contributed by atoms with van der Waals surface area (Å²) in [5.41, 5.74) is 2.63. The molecule has 3 aromatic rings. The third kappa shape index (κ3) is 4.40. The van der Waals surface area contributed by atoms with Crippen molar-refractivity contribution in [3.05, 3.63) is 69.6 Å². The average molecular weight is 454 g/mol. The molecule has 0 bridgehead atoms. The van der Waals surface area contributed by atoms with Crippen molar-refractivity contribution in [3.8, 4) is 17.2 Å². The number of carbonyl (C=O) groups is 2. The first-order valence-electron chi connectivity index (χ1n) is 10.1. The largest absolute Gasteiger partial charge is 0.494 e. The van der Waals surface area contributed by atoms with Crippen LogP contribution in [0.2, 0.25) is 0 Å². The summed E-state index contributed by atoms with van der Waals surface area (Å²) in [4.78, 5) is 26.3. The van der Waals surface area contributed by atoms with Crippen LogP contribution in [0.4, 0.5) is 5.00 Å². The fraction of sp³-hybridized carbons (Fsp3) is 0.250. The maximum Gasteiger partial charge on any atom is 0.341 e. The van der Waals surface area contributed by atoms with Crippen LogP contribution in [0, 0.1) is 6.92 Å². The Balaban J connectivity index is 1.59. The van der Waals surface area contributed by atoms with Gasteiger partial charge in [0.15, 0.2) is 11.5 Å². The molecule has 2 heterocycles. The van der Waals surface area contributed by atoms with Crippen molar-refractivity contribution in [3.63, 3.8) is 0 Å². The fourth-order valence-electron chi connectivity index (χ4n) is 3.45. The van der Waals surface area contributed by atoms with E-state index in [0.29, 0.717) is 40.7 Å². The highest BCUT2D eigenvalue weighted by Gasteiger charge is 2.24. The lowest BCUT2D eigenvalue weighted by molar-refractivity contribution is 0.0601. The van der Waals surface area contributed by atoms with Gasteiger partial charge >= 0.3 is 5.97 Å². The number of thiophene rings is 1. The number of benzene rings is 2. The van der Waals surface area contributed by atoms with Crippen LogP contribution in [-0.4, -0.2) is 32.4 Å². The molecule has 0 saturated carbocycles. The van der Waals surface area contributed by atoms with Crippen LogP contribution >= 0.6 is 11.3 Å². The number of esters is 1. The van der Waals surface area contributed by atoms with Gasteiger partial charge in [0.25, 0.3) is 5.91 Å². The third-order valence-electron chi connectivity index (χ3n) is 5.09. The van der Waals surface area contributed by atoms with Gasteiger partial charge in [-0.2, -0.15) is 0 Å². The SMILES string of the molecule is CCOc1ccc(C(=O)Nc2sc(Cc3ccc4c(c3)OCO4)c(C)c2C(=O)OC)cc1. The van der Waals surface area contributed by atoms with Gasteiger partial charge in [-0.15, -0.1) is 11.3 Å². The van der Waals surface area contributed by atoms with Crippen molar-refractivity contribution in [1.82, 2.24) is 0 Å². The van der Waals surface area contributed by atoms with E-state index in [0.717, 1.165) is 21.8 Å². The molecule has 1 amide bonds. The van der Waals surface area contributed by atoms with Gasteiger partial charge in [0.2, 0.25) is 6.79 Å². The first-order valence-corrected chi connectivity index (χ1v) is 10.9. The highest BCUT2D eigenvalue weighted by molar-refractivity contribution is 7.17. The zero-order chi connectivity index (χ0) is 22.7. The molecule has 7 nitrogen and oxygen atoms in total. The molecule has 2 aromatic carbocycles. The summed E-state index contributed by atoms with van der Waals surface area (Å²) in [7, 11) is 1.33. The van der Waals surface area contributed by atoms with Gasteiger partial charge < -0.3 is 24.3 Å². The van der Waals surface area contributed by atoms with Crippen molar-refractivity contribution < 1.29 is 28.5 Å². The zero-order valence-electron chi connectivity index (χ0n) is 18.0. The Bertz CT molecular complexity index is 1150. The molecule has 1 aromatic heterocycles. The third-order valence-corrected chi connectivity index (χ3v) is 6.30. The quantitative estimate of drug-likeness (QED) is 0.517. The molecule has 1 aliphatic heterocycles. The van der Waals surface area contributed by atoms with Gasteiger partial charge in [0.1, 0.15) is 10.8 Å². The molecule has 0 radical (unpaired) electrons. The molecule has 4 rings (SSSR count). The maximum absolute atomic E-state index is 12.8. The van der Waals surface area contributed by atoms with Crippen LogP contribution in [0.1, 0.15) is 43.6 Å². The minimum Gasteiger partial charge on any atom is -0.494 e. The summed E-state index contributed by atoms with van der Waals surface area (Å²) in [6.45, 7) is 4.52. The maximum atomic E-state index is 12.8. The van der Waals surface area contributed by atoms with Gasteiger partial charge in [-0.3, -0.25) is 4.79 Å². The number of rotatable bonds is 7. The number of fused-ring (bicyclic) bond motifs is 1. The van der Waals surface area contributed by atoms with Crippen molar-refractivity contribution in [2.75, 3.05) is 25.8 Å². The van der Waals surface area contributed by atoms with Gasteiger partial charge in [-0.05, 0) is 61.4 Å². The number of ether oxygens (including phenoxy) is 4. The first-order chi connectivity index (χ1) is 15.5. The van der Waals surface area contributed by atoms with Crippen LogP contribution in [0.5, 0.6) is 17.2 Å². The lowest BCUT2D eigenvalue weighted by Gasteiger charge is -2.07. The molecule has 0 spiro atoms. The second-order valence-electron chi connectivity index (χ2n) is 7.12. The van der Waals surface area contributed by atoms with Gasteiger partial charge in [-0.1, -0.05) is 6.07 Å². The minimum atomic E-state index is -0.488. The summed E-state index contributed by atoms with van der Waals surface area (Å²) >= 11 is 1.36. The number of carbonyl (C=O) groups excluding carboxylic acids is 2. The number of hydrogen-bond acceptors (Lipinski definition) is 7. The smallest absolute Gasteiger partial charge is 0.341 e. The molecule has 1 N–H and O–H groups in total. The van der Waals surface area contributed by atoms with Crippen molar-refractivity contribution >= 4 is 28.2 Å². The topological polar surface area (TPSA) is 83.1 Å². The number of nitrogens with one attached hydrogen (secondary N) is 1. The predicted octanol–water partition coefficient (Wildman–Crippen LogP) is 4.81. The molecular weight excluding hydrogens is 430 g/mol. The molecule has 0 fully saturated rings. The molecule has 8 heteroatoms. The van der Waals surface area contributed by atoms with Crippen molar-refractivity contribution in [1.29, 1.82) is 0 Å². The molecule has 166 valence electrons. The van der Waals surface area contributed by atoms with Gasteiger partial charge in [0.05, 0.1) is 19.3 Å². The van der Waals surface area contributed by atoms with E-state index in [1.165, 1.54) is 18.4 Å². The highest BCUT2D eigenvalue weighted by Crippen LogP contribution is 2.38. The van der Waals surface area contributed by atoms with E-state index in [1.54, 1.807) is 24.3 Å². The Labute approximate surface area is 189 Å². The van der Waals surface area contributed by atoms with Crippen LogP contribution in [-0.2, 0) is 11.2 Å². The molecule has 0 aliphatic carbocycles. The summed E-state index contributed by atoms with van der Waals surface area (Å²) in [6.07, 6.45) is 0.579.